The van der Waals surface area contributed by atoms with E-state index in [1.807, 2.05) is 44.2 Å². The maximum atomic E-state index is 12.2. The van der Waals surface area contributed by atoms with Crippen LogP contribution >= 0.6 is 11.3 Å². The minimum Gasteiger partial charge on any atom is -0.352 e. The number of carbonyl (C=O) groups excluding carboxylic acids is 2. The molecule has 0 aliphatic heterocycles. The van der Waals surface area contributed by atoms with Crippen molar-refractivity contribution < 1.29 is 9.59 Å². The fourth-order valence-corrected chi connectivity index (χ4v) is 3.76. The summed E-state index contributed by atoms with van der Waals surface area (Å²) in [6.07, 6.45) is 3.63. The molecule has 27 heavy (non-hydrogen) atoms. The number of carbonyl (C=O) groups is 2. The molecule has 6 nitrogen and oxygen atoms in total. The number of aromatic nitrogens is 3. The van der Waals surface area contributed by atoms with E-state index < -0.39 is 0 Å². The first-order valence-electron chi connectivity index (χ1n) is 8.78. The molecule has 3 aromatic rings. The number of amides is 1. The normalized spacial score (nSPS) is 10.7. The van der Waals surface area contributed by atoms with Crippen molar-refractivity contribution in [1.82, 2.24) is 20.1 Å². The molecule has 140 valence electrons. The Morgan fingerprint density at radius 3 is 2.48 bits per heavy atom. The number of aryl methyl sites for hydroxylation is 2. The molecule has 1 amide bonds. The lowest BCUT2D eigenvalue weighted by Gasteiger charge is -2.07. The maximum absolute atomic E-state index is 12.2. The molecule has 0 unspecified atom stereocenters. The average Bonchev–Trinajstić information content (AvgIpc) is 3.28. The van der Waals surface area contributed by atoms with Crippen LogP contribution in [-0.4, -0.2) is 26.5 Å². The molecule has 1 aromatic carbocycles. The van der Waals surface area contributed by atoms with Gasteiger partial charge in [-0.15, -0.1) is 11.3 Å². The molecule has 0 radical (unpaired) electrons. The summed E-state index contributed by atoms with van der Waals surface area (Å²) in [5.74, 6) is -0.0795. The molecule has 0 bridgehead atoms. The SMILES string of the molecule is Cc1cc(C(=O)CCC(=O)NCc2ccc(Cn3cncn3)cc2)c(C)s1. The lowest BCUT2D eigenvalue weighted by molar-refractivity contribution is -0.121. The number of hydrogen-bond donors (Lipinski definition) is 1. The molecular formula is C20H22N4O2S. The number of hydrogen-bond acceptors (Lipinski definition) is 5. The second-order valence-electron chi connectivity index (χ2n) is 6.44. The fourth-order valence-electron chi connectivity index (χ4n) is 2.82. The average molecular weight is 382 g/mol. The predicted molar refractivity (Wildman–Crippen MR) is 105 cm³/mol. The number of rotatable bonds is 8. The Morgan fingerprint density at radius 1 is 1.11 bits per heavy atom. The molecule has 0 aliphatic rings. The van der Waals surface area contributed by atoms with Gasteiger partial charge in [0.15, 0.2) is 5.78 Å². The van der Waals surface area contributed by atoms with Crippen LogP contribution in [0.1, 0.15) is 44.1 Å². The first kappa shape index (κ1) is 19.0. The summed E-state index contributed by atoms with van der Waals surface area (Å²) >= 11 is 1.61. The van der Waals surface area contributed by atoms with E-state index in [1.165, 1.54) is 6.33 Å². The van der Waals surface area contributed by atoms with Gasteiger partial charge in [0.1, 0.15) is 12.7 Å². The standard InChI is InChI=1S/C20H22N4O2S/c1-14-9-18(15(2)27-14)19(25)7-8-20(26)22-10-16-3-5-17(6-4-16)11-24-13-21-12-23-24/h3-6,9,12-13H,7-8,10-11H2,1-2H3,(H,22,26). The summed E-state index contributed by atoms with van der Waals surface area (Å²) in [6, 6.07) is 9.88. The van der Waals surface area contributed by atoms with Crippen LogP contribution < -0.4 is 5.32 Å². The van der Waals surface area contributed by atoms with Crippen molar-refractivity contribution in [3.8, 4) is 0 Å². The van der Waals surface area contributed by atoms with Crippen LogP contribution in [0, 0.1) is 13.8 Å². The van der Waals surface area contributed by atoms with Crippen LogP contribution in [-0.2, 0) is 17.9 Å². The Hall–Kier alpha value is -2.80. The van der Waals surface area contributed by atoms with Gasteiger partial charge in [-0.2, -0.15) is 5.10 Å². The van der Waals surface area contributed by atoms with E-state index in [0.717, 1.165) is 26.4 Å². The van der Waals surface area contributed by atoms with Crippen LogP contribution in [0.2, 0.25) is 0 Å². The van der Waals surface area contributed by atoms with Gasteiger partial charge in [-0.25, -0.2) is 9.67 Å². The Kier molecular flexibility index (Phi) is 6.13. The first-order chi connectivity index (χ1) is 13.0. The van der Waals surface area contributed by atoms with E-state index in [4.69, 9.17) is 0 Å². The number of nitrogens with zero attached hydrogens (tertiary/aromatic N) is 3. The van der Waals surface area contributed by atoms with Crippen molar-refractivity contribution in [2.24, 2.45) is 0 Å². The highest BCUT2D eigenvalue weighted by molar-refractivity contribution is 7.12. The van der Waals surface area contributed by atoms with Gasteiger partial charge in [0.2, 0.25) is 5.91 Å². The van der Waals surface area contributed by atoms with Crippen molar-refractivity contribution in [3.05, 3.63) is 69.4 Å². The van der Waals surface area contributed by atoms with Gasteiger partial charge in [0.05, 0.1) is 6.54 Å². The van der Waals surface area contributed by atoms with E-state index in [1.54, 1.807) is 22.3 Å². The zero-order valence-corrected chi connectivity index (χ0v) is 16.3. The highest BCUT2D eigenvalue weighted by Crippen LogP contribution is 2.22. The summed E-state index contributed by atoms with van der Waals surface area (Å²) in [4.78, 5) is 30.3. The number of ketones is 1. The minimum absolute atomic E-state index is 0.0319. The lowest BCUT2D eigenvalue weighted by atomic mass is 10.1. The van der Waals surface area contributed by atoms with E-state index >= 15 is 0 Å². The fraction of sp³-hybridized carbons (Fsp3) is 0.300. The molecule has 7 heteroatoms. The van der Waals surface area contributed by atoms with E-state index in [9.17, 15) is 9.59 Å². The molecule has 0 saturated heterocycles. The predicted octanol–water partition coefficient (Wildman–Crippen LogP) is 3.28. The second-order valence-corrected chi connectivity index (χ2v) is 7.90. The molecule has 0 aliphatic carbocycles. The molecule has 0 spiro atoms. The van der Waals surface area contributed by atoms with Crippen LogP contribution in [0.5, 0.6) is 0 Å². The number of benzene rings is 1. The topological polar surface area (TPSA) is 76.9 Å². The van der Waals surface area contributed by atoms with Gasteiger partial charge in [-0.1, -0.05) is 24.3 Å². The van der Waals surface area contributed by atoms with Gasteiger partial charge in [-0.3, -0.25) is 9.59 Å². The Labute approximate surface area is 162 Å². The lowest BCUT2D eigenvalue weighted by Crippen LogP contribution is -2.23. The Morgan fingerprint density at radius 2 is 1.85 bits per heavy atom. The number of nitrogens with one attached hydrogen (secondary N) is 1. The van der Waals surface area contributed by atoms with Crippen LogP contribution in [0.15, 0.2) is 43.0 Å². The third kappa shape index (κ3) is 5.34. The molecule has 0 atom stereocenters. The first-order valence-corrected chi connectivity index (χ1v) is 9.60. The highest BCUT2D eigenvalue weighted by atomic mass is 32.1. The van der Waals surface area contributed by atoms with E-state index in [2.05, 4.69) is 15.4 Å². The molecular weight excluding hydrogens is 360 g/mol. The summed E-state index contributed by atoms with van der Waals surface area (Å²) < 4.78 is 1.75. The third-order valence-corrected chi connectivity index (χ3v) is 5.21. The smallest absolute Gasteiger partial charge is 0.220 e. The minimum atomic E-state index is -0.111. The van der Waals surface area contributed by atoms with Crippen LogP contribution in [0.4, 0.5) is 0 Å². The summed E-state index contributed by atoms with van der Waals surface area (Å²) in [5, 5.41) is 6.95. The van der Waals surface area contributed by atoms with Crippen molar-refractivity contribution in [2.75, 3.05) is 0 Å². The molecule has 3 rings (SSSR count). The summed E-state index contributed by atoms with van der Waals surface area (Å²) in [6.45, 7) is 5.04. The highest BCUT2D eigenvalue weighted by Gasteiger charge is 2.13. The third-order valence-electron chi connectivity index (χ3n) is 4.24. The largest absolute Gasteiger partial charge is 0.352 e. The number of thiophene rings is 1. The maximum Gasteiger partial charge on any atom is 0.220 e. The van der Waals surface area contributed by atoms with Crippen molar-refractivity contribution >= 4 is 23.0 Å². The summed E-state index contributed by atoms with van der Waals surface area (Å²) in [5.41, 5.74) is 2.87. The monoisotopic (exact) mass is 382 g/mol. The summed E-state index contributed by atoms with van der Waals surface area (Å²) in [7, 11) is 0. The van der Waals surface area contributed by atoms with Gasteiger partial charge in [0, 0.05) is 34.7 Å². The van der Waals surface area contributed by atoms with E-state index in [-0.39, 0.29) is 24.5 Å². The van der Waals surface area contributed by atoms with Crippen molar-refractivity contribution in [1.29, 1.82) is 0 Å². The van der Waals surface area contributed by atoms with Gasteiger partial charge in [-0.05, 0) is 31.0 Å². The van der Waals surface area contributed by atoms with Crippen LogP contribution in [0.3, 0.4) is 0 Å². The number of Topliss-reactive ketones (excluding diaryl/α,β-unsaturated/α-hetero) is 1. The van der Waals surface area contributed by atoms with Gasteiger partial charge < -0.3 is 5.32 Å². The van der Waals surface area contributed by atoms with Crippen molar-refractivity contribution in [2.45, 2.75) is 39.8 Å². The molecule has 0 saturated carbocycles. The Bertz CT molecular complexity index is 914. The molecule has 1 N–H and O–H groups in total. The van der Waals surface area contributed by atoms with Gasteiger partial charge >= 0.3 is 0 Å². The second kappa shape index (κ2) is 8.73. The zero-order valence-electron chi connectivity index (χ0n) is 15.4. The van der Waals surface area contributed by atoms with Crippen LogP contribution in [0.25, 0.3) is 0 Å². The molecule has 0 fully saturated rings. The van der Waals surface area contributed by atoms with Gasteiger partial charge in [0.25, 0.3) is 0 Å². The Balaban J connectivity index is 1.43. The van der Waals surface area contributed by atoms with E-state index in [0.29, 0.717) is 13.1 Å². The molecule has 2 aromatic heterocycles. The molecule has 2 heterocycles. The zero-order chi connectivity index (χ0) is 19.2. The quantitative estimate of drug-likeness (QED) is 0.607. The van der Waals surface area contributed by atoms with Crippen molar-refractivity contribution in [3.63, 3.8) is 0 Å².